The summed E-state index contributed by atoms with van der Waals surface area (Å²) in [5.74, 6) is 0.400. The van der Waals surface area contributed by atoms with Gasteiger partial charge in [-0.2, -0.15) is 0 Å². The lowest BCUT2D eigenvalue weighted by Crippen LogP contribution is -2.10. The minimum atomic E-state index is -0.0330. The number of hydrogen-bond acceptors (Lipinski definition) is 2. The number of ether oxygens (including phenoxy) is 1. The predicted molar refractivity (Wildman–Crippen MR) is 34.0 cm³/mol. The van der Waals surface area contributed by atoms with Crippen molar-refractivity contribution in [2.45, 2.75) is 32.8 Å². The van der Waals surface area contributed by atoms with Crippen molar-refractivity contribution in [3.8, 4) is 0 Å². The van der Waals surface area contributed by atoms with Gasteiger partial charge in [-0.25, -0.2) is 0 Å². The lowest BCUT2D eigenvalue weighted by atomic mass is 10.0. The Morgan fingerprint density at radius 1 is 1.78 bits per heavy atom. The highest BCUT2D eigenvalue weighted by Gasteiger charge is 2.29. The molecular weight excluding hydrogens is 116 g/mol. The van der Waals surface area contributed by atoms with Crippen LogP contribution in [-0.4, -0.2) is 12.1 Å². The van der Waals surface area contributed by atoms with Crippen LogP contribution in [0.5, 0.6) is 0 Å². The van der Waals surface area contributed by atoms with Crippen molar-refractivity contribution >= 4 is 5.97 Å². The van der Waals surface area contributed by atoms with Crippen LogP contribution in [0.1, 0.15) is 26.7 Å². The molecule has 0 N–H and O–H groups in total. The zero-order valence-electron chi connectivity index (χ0n) is 5.89. The average molecular weight is 128 g/mol. The first-order chi connectivity index (χ1) is 4.24. The molecule has 2 nitrogen and oxygen atoms in total. The van der Waals surface area contributed by atoms with Crippen LogP contribution >= 0.6 is 0 Å². The molecular formula is C7H12O2. The molecule has 1 rings (SSSR count). The third-order valence-electron chi connectivity index (χ3n) is 1.81. The van der Waals surface area contributed by atoms with Gasteiger partial charge in [0.05, 0.1) is 6.42 Å². The van der Waals surface area contributed by atoms with E-state index in [1.54, 1.807) is 0 Å². The van der Waals surface area contributed by atoms with Crippen LogP contribution in [0.3, 0.4) is 0 Å². The van der Waals surface area contributed by atoms with Crippen LogP contribution in [0.15, 0.2) is 0 Å². The molecule has 9 heavy (non-hydrogen) atoms. The summed E-state index contributed by atoms with van der Waals surface area (Å²) in [5, 5.41) is 0. The molecule has 1 fully saturated rings. The molecule has 1 heterocycles. The molecule has 0 aromatic rings. The van der Waals surface area contributed by atoms with E-state index in [0.717, 1.165) is 6.42 Å². The fraction of sp³-hybridized carbons (Fsp3) is 0.857. The third kappa shape index (κ3) is 1.23. The molecule has 0 aromatic heterocycles. The molecule has 0 unspecified atom stereocenters. The van der Waals surface area contributed by atoms with Gasteiger partial charge in [-0.3, -0.25) is 4.79 Å². The van der Waals surface area contributed by atoms with Crippen LogP contribution in [-0.2, 0) is 9.53 Å². The summed E-state index contributed by atoms with van der Waals surface area (Å²) >= 11 is 0. The van der Waals surface area contributed by atoms with E-state index in [-0.39, 0.29) is 12.1 Å². The number of carbonyl (C=O) groups is 1. The van der Waals surface area contributed by atoms with Crippen molar-refractivity contribution in [3.05, 3.63) is 0 Å². The smallest absolute Gasteiger partial charge is 0.306 e. The molecule has 2 heteroatoms. The Morgan fingerprint density at radius 3 is 2.67 bits per heavy atom. The second-order valence-electron chi connectivity index (χ2n) is 2.62. The van der Waals surface area contributed by atoms with E-state index < -0.39 is 0 Å². The number of esters is 1. The van der Waals surface area contributed by atoms with Crippen LogP contribution in [0.2, 0.25) is 0 Å². The van der Waals surface area contributed by atoms with E-state index in [1.165, 1.54) is 0 Å². The van der Waals surface area contributed by atoms with Gasteiger partial charge in [-0.1, -0.05) is 13.8 Å². The van der Waals surface area contributed by atoms with Gasteiger partial charge in [0, 0.05) is 5.92 Å². The maximum atomic E-state index is 10.6. The van der Waals surface area contributed by atoms with E-state index in [1.807, 2.05) is 6.92 Å². The van der Waals surface area contributed by atoms with E-state index >= 15 is 0 Å². The first-order valence-electron chi connectivity index (χ1n) is 3.43. The summed E-state index contributed by atoms with van der Waals surface area (Å²) in [4.78, 5) is 10.6. The van der Waals surface area contributed by atoms with Crippen LogP contribution in [0.4, 0.5) is 0 Å². The maximum Gasteiger partial charge on any atom is 0.306 e. The first kappa shape index (κ1) is 6.59. The molecule has 1 aliphatic rings. The van der Waals surface area contributed by atoms with Crippen molar-refractivity contribution in [1.82, 2.24) is 0 Å². The highest BCUT2D eigenvalue weighted by atomic mass is 16.5. The molecule has 0 bridgehead atoms. The van der Waals surface area contributed by atoms with E-state index in [9.17, 15) is 4.79 Å². The molecule has 0 amide bonds. The summed E-state index contributed by atoms with van der Waals surface area (Å²) in [6, 6.07) is 0. The zero-order valence-corrected chi connectivity index (χ0v) is 5.89. The van der Waals surface area contributed by atoms with Crippen LogP contribution in [0.25, 0.3) is 0 Å². The molecule has 0 radical (unpaired) electrons. The number of rotatable bonds is 1. The van der Waals surface area contributed by atoms with Gasteiger partial charge in [-0.15, -0.1) is 0 Å². The van der Waals surface area contributed by atoms with Gasteiger partial charge in [0.1, 0.15) is 6.10 Å². The molecule has 2 atom stereocenters. The Kier molecular flexibility index (Phi) is 1.74. The third-order valence-corrected chi connectivity index (χ3v) is 1.81. The Morgan fingerprint density at radius 2 is 2.44 bits per heavy atom. The summed E-state index contributed by atoms with van der Waals surface area (Å²) in [6.45, 7) is 4.10. The van der Waals surface area contributed by atoms with E-state index in [4.69, 9.17) is 4.74 Å². The summed E-state index contributed by atoms with van der Waals surface area (Å²) in [6.07, 6.45) is 1.75. The molecule has 52 valence electrons. The van der Waals surface area contributed by atoms with Crippen molar-refractivity contribution in [2.24, 2.45) is 5.92 Å². The Labute approximate surface area is 55.2 Å². The number of carbonyl (C=O) groups excluding carboxylic acids is 1. The molecule has 0 saturated carbocycles. The Hall–Kier alpha value is -0.530. The van der Waals surface area contributed by atoms with Gasteiger partial charge in [0.15, 0.2) is 0 Å². The predicted octanol–water partition coefficient (Wildman–Crippen LogP) is 1.35. The molecule has 1 aliphatic heterocycles. The number of hydrogen-bond donors (Lipinski definition) is 0. The van der Waals surface area contributed by atoms with Crippen molar-refractivity contribution < 1.29 is 9.53 Å². The van der Waals surface area contributed by atoms with Gasteiger partial charge in [0.2, 0.25) is 0 Å². The number of cyclic esters (lactones) is 1. The SMILES string of the molecule is CC[C@@H]1OC(=O)C[C@@H]1C. The zero-order chi connectivity index (χ0) is 6.85. The Bertz CT molecular complexity index is 120. The van der Waals surface area contributed by atoms with E-state index in [0.29, 0.717) is 12.3 Å². The van der Waals surface area contributed by atoms with Crippen molar-refractivity contribution in [3.63, 3.8) is 0 Å². The fourth-order valence-electron chi connectivity index (χ4n) is 1.21. The van der Waals surface area contributed by atoms with Crippen LogP contribution in [0, 0.1) is 5.92 Å². The standard InChI is InChI=1S/C7H12O2/c1-3-6-5(2)4-7(8)9-6/h5-6H,3-4H2,1-2H3/t5-,6-/m0/s1. The lowest BCUT2D eigenvalue weighted by Gasteiger charge is -2.08. The topological polar surface area (TPSA) is 26.3 Å². The van der Waals surface area contributed by atoms with Gasteiger partial charge >= 0.3 is 5.97 Å². The normalized spacial score (nSPS) is 34.7. The molecule has 0 spiro atoms. The largest absolute Gasteiger partial charge is 0.462 e. The minimum absolute atomic E-state index is 0.0330. The maximum absolute atomic E-state index is 10.6. The second kappa shape index (κ2) is 2.38. The van der Waals surface area contributed by atoms with Crippen LogP contribution < -0.4 is 0 Å². The molecule has 0 aliphatic carbocycles. The Balaban J connectivity index is 2.47. The van der Waals surface area contributed by atoms with Gasteiger partial charge < -0.3 is 4.74 Å². The molecule has 1 saturated heterocycles. The molecule has 0 aromatic carbocycles. The first-order valence-corrected chi connectivity index (χ1v) is 3.43. The lowest BCUT2D eigenvalue weighted by molar-refractivity contribution is -0.141. The summed E-state index contributed by atoms with van der Waals surface area (Å²) in [5.41, 5.74) is 0. The van der Waals surface area contributed by atoms with E-state index in [2.05, 4.69) is 6.92 Å². The fourth-order valence-corrected chi connectivity index (χ4v) is 1.21. The highest BCUT2D eigenvalue weighted by molar-refractivity contribution is 5.71. The monoisotopic (exact) mass is 128 g/mol. The second-order valence-corrected chi connectivity index (χ2v) is 2.62. The quantitative estimate of drug-likeness (QED) is 0.498. The average Bonchev–Trinajstić information content (AvgIpc) is 2.10. The minimum Gasteiger partial charge on any atom is -0.462 e. The van der Waals surface area contributed by atoms with Crippen molar-refractivity contribution in [2.75, 3.05) is 0 Å². The summed E-state index contributed by atoms with van der Waals surface area (Å²) in [7, 11) is 0. The van der Waals surface area contributed by atoms with Gasteiger partial charge in [-0.05, 0) is 6.42 Å². The summed E-state index contributed by atoms with van der Waals surface area (Å²) < 4.78 is 4.98. The van der Waals surface area contributed by atoms with Gasteiger partial charge in [0.25, 0.3) is 0 Å². The highest BCUT2D eigenvalue weighted by Crippen LogP contribution is 2.23. The van der Waals surface area contributed by atoms with Crippen molar-refractivity contribution in [1.29, 1.82) is 0 Å².